The van der Waals surface area contributed by atoms with E-state index in [1.54, 1.807) is 30.8 Å². The SMILES string of the molecule is CCc1sc(-c2nnc(CSc3nnc(-c4ccncc4)n3CCOC)o2)cc1C. The normalized spacial score (nSPS) is 11.3. The van der Waals surface area contributed by atoms with Crippen LogP contribution in [-0.4, -0.2) is 43.7 Å². The van der Waals surface area contributed by atoms with E-state index in [-0.39, 0.29) is 0 Å². The van der Waals surface area contributed by atoms with Crippen LogP contribution < -0.4 is 0 Å². The van der Waals surface area contributed by atoms with Crippen molar-refractivity contribution < 1.29 is 9.15 Å². The zero-order chi connectivity index (χ0) is 20.9. The lowest BCUT2D eigenvalue weighted by molar-refractivity contribution is 0.185. The van der Waals surface area contributed by atoms with Gasteiger partial charge in [0.1, 0.15) is 0 Å². The minimum Gasteiger partial charge on any atom is -0.419 e. The van der Waals surface area contributed by atoms with Crippen molar-refractivity contribution in [2.24, 2.45) is 0 Å². The zero-order valence-corrected chi connectivity index (χ0v) is 18.7. The van der Waals surface area contributed by atoms with Crippen LogP contribution in [0.1, 0.15) is 23.3 Å². The Bertz CT molecular complexity index is 1110. The summed E-state index contributed by atoms with van der Waals surface area (Å²) in [5.74, 6) is 2.42. The second-order valence-electron chi connectivity index (χ2n) is 6.55. The van der Waals surface area contributed by atoms with E-state index in [2.05, 4.69) is 45.3 Å². The third-order valence-corrected chi connectivity index (χ3v) is 6.84. The number of rotatable bonds is 9. The van der Waals surface area contributed by atoms with Crippen LogP contribution in [0.4, 0.5) is 0 Å². The molecule has 0 aliphatic carbocycles. The number of thioether (sulfide) groups is 1. The topological polar surface area (TPSA) is 91.8 Å². The van der Waals surface area contributed by atoms with Crippen LogP contribution in [0, 0.1) is 6.92 Å². The monoisotopic (exact) mass is 442 g/mol. The molecule has 156 valence electrons. The zero-order valence-electron chi connectivity index (χ0n) is 17.0. The molecule has 0 aliphatic rings. The van der Waals surface area contributed by atoms with Crippen LogP contribution in [0.2, 0.25) is 0 Å². The van der Waals surface area contributed by atoms with Crippen molar-refractivity contribution >= 4 is 23.1 Å². The summed E-state index contributed by atoms with van der Waals surface area (Å²) in [7, 11) is 1.68. The van der Waals surface area contributed by atoms with E-state index in [9.17, 15) is 0 Å². The van der Waals surface area contributed by atoms with Crippen LogP contribution in [-0.2, 0) is 23.5 Å². The highest BCUT2D eigenvalue weighted by atomic mass is 32.2. The predicted molar refractivity (Wildman–Crippen MR) is 116 cm³/mol. The number of thiophene rings is 1. The molecular weight excluding hydrogens is 420 g/mol. The van der Waals surface area contributed by atoms with E-state index in [0.29, 0.717) is 30.7 Å². The molecule has 0 aromatic carbocycles. The molecule has 0 unspecified atom stereocenters. The third-order valence-electron chi connectivity index (χ3n) is 4.52. The summed E-state index contributed by atoms with van der Waals surface area (Å²) in [6, 6.07) is 5.94. The van der Waals surface area contributed by atoms with Gasteiger partial charge in [-0.15, -0.1) is 31.7 Å². The third kappa shape index (κ3) is 4.45. The second-order valence-corrected chi connectivity index (χ2v) is 8.63. The van der Waals surface area contributed by atoms with Crippen LogP contribution in [0.15, 0.2) is 40.2 Å². The van der Waals surface area contributed by atoms with Gasteiger partial charge >= 0.3 is 0 Å². The fourth-order valence-corrected chi connectivity index (χ4v) is 4.84. The van der Waals surface area contributed by atoms with Crippen LogP contribution in [0.25, 0.3) is 22.2 Å². The molecule has 0 saturated carbocycles. The summed E-state index contributed by atoms with van der Waals surface area (Å²) in [6.45, 7) is 5.47. The molecule has 0 bridgehead atoms. The lowest BCUT2D eigenvalue weighted by Gasteiger charge is -2.08. The van der Waals surface area contributed by atoms with Crippen molar-refractivity contribution in [3.05, 3.63) is 46.9 Å². The molecular formula is C20H22N6O2S2. The molecule has 0 N–H and O–H groups in total. The highest BCUT2D eigenvalue weighted by molar-refractivity contribution is 7.98. The maximum Gasteiger partial charge on any atom is 0.257 e. The van der Waals surface area contributed by atoms with Gasteiger partial charge in [-0.05, 0) is 37.1 Å². The molecule has 4 aromatic rings. The first-order valence-electron chi connectivity index (χ1n) is 9.57. The van der Waals surface area contributed by atoms with E-state index in [1.807, 2.05) is 16.7 Å². The van der Waals surface area contributed by atoms with Crippen molar-refractivity contribution in [3.8, 4) is 22.2 Å². The highest BCUT2D eigenvalue weighted by Gasteiger charge is 2.17. The smallest absolute Gasteiger partial charge is 0.257 e. The second kappa shape index (κ2) is 9.50. The van der Waals surface area contributed by atoms with Crippen molar-refractivity contribution in [1.29, 1.82) is 0 Å². The Morgan fingerprint density at radius 2 is 2.00 bits per heavy atom. The number of hydrogen-bond acceptors (Lipinski definition) is 9. The lowest BCUT2D eigenvalue weighted by Crippen LogP contribution is -2.07. The minimum absolute atomic E-state index is 0.513. The first kappa shape index (κ1) is 20.7. The Kier molecular flexibility index (Phi) is 6.56. The summed E-state index contributed by atoms with van der Waals surface area (Å²) in [5.41, 5.74) is 2.22. The van der Waals surface area contributed by atoms with E-state index in [4.69, 9.17) is 9.15 Å². The molecule has 8 nitrogen and oxygen atoms in total. The van der Waals surface area contributed by atoms with Gasteiger partial charge in [-0.1, -0.05) is 18.7 Å². The molecule has 30 heavy (non-hydrogen) atoms. The number of pyridine rings is 1. The molecule has 0 spiro atoms. The van der Waals surface area contributed by atoms with Gasteiger partial charge in [-0.25, -0.2) is 0 Å². The average molecular weight is 443 g/mol. The number of aromatic nitrogens is 6. The largest absolute Gasteiger partial charge is 0.419 e. The van der Waals surface area contributed by atoms with Crippen molar-refractivity contribution in [3.63, 3.8) is 0 Å². The van der Waals surface area contributed by atoms with E-state index >= 15 is 0 Å². The van der Waals surface area contributed by atoms with Gasteiger partial charge in [0.15, 0.2) is 11.0 Å². The van der Waals surface area contributed by atoms with Gasteiger partial charge in [0.05, 0.1) is 23.8 Å². The molecule has 4 heterocycles. The van der Waals surface area contributed by atoms with Gasteiger partial charge < -0.3 is 9.15 Å². The predicted octanol–water partition coefficient (Wildman–Crippen LogP) is 4.26. The molecule has 4 aromatic heterocycles. The molecule has 0 saturated heterocycles. The number of hydrogen-bond donors (Lipinski definition) is 0. The molecule has 4 rings (SSSR count). The lowest BCUT2D eigenvalue weighted by atomic mass is 10.2. The van der Waals surface area contributed by atoms with Crippen molar-refractivity contribution in [2.45, 2.75) is 37.7 Å². The quantitative estimate of drug-likeness (QED) is 0.355. The van der Waals surface area contributed by atoms with Crippen LogP contribution in [0.5, 0.6) is 0 Å². The van der Waals surface area contributed by atoms with Gasteiger partial charge in [0.25, 0.3) is 5.89 Å². The maximum absolute atomic E-state index is 5.89. The standard InChI is InChI=1S/C20H22N6O2S2/c1-4-15-13(2)11-16(30-15)19-24-22-17(28-19)12-29-20-25-23-18(26(20)9-10-27-3)14-5-7-21-8-6-14/h5-8,11H,4,9-10,12H2,1-3H3. The summed E-state index contributed by atoms with van der Waals surface area (Å²) in [5, 5.41) is 17.9. The number of ether oxygens (including phenoxy) is 1. The van der Waals surface area contributed by atoms with Crippen molar-refractivity contribution in [1.82, 2.24) is 29.9 Å². The molecule has 10 heteroatoms. The number of nitrogens with zero attached hydrogens (tertiary/aromatic N) is 6. The molecule has 0 aliphatic heterocycles. The average Bonchev–Trinajstić information content (AvgIpc) is 3.49. The van der Waals surface area contributed by atoms with E-state index in [1.165, 1.54) is 22.2 Å². The summed E-state index contributed by atoms with van der Waals surface area (Å²) in [4.78, 5) is 6.42. The van der Waals surface area contributed by atoms with E-state index in [0.717, 1.165) is 27.8 Å². The van der Waals surface area contributed by atoms with E-state index < -0.39 is 0 Å². The van der Waals surface area contributed by atoms with Crippen LogP contribution >= 0.6 is 23.1 Å². The molecule has 0 fully saturated rings. The molecule has 0 amide bonds. The Morgan fingerprint density at radius 1 is 1.17 bits per heavy atom. The Labute approximate surface area is 182 Å². The Hall–Kier alpha value is -2.56. The Morgan fingerprint density at radius 3 is 2.73 bits per heavy atom. The first-order chi connectivity index (χ1) is 14.7. The fraction of sp³-hybridized carbons (Fsp3) is 0.350. The van der Waals surface area contributed by atoms with Gasteiger partial charge in [0, 0.05) is 29.9 Å². The van der Waals surface area contributed by atoms with Gasteiger partial charge in [-0.2, -0.15) is 0 Å². The van der Waals surface area contributed by atoms with Gasteiger partial charge in [0.2, 0.25) is 5.89 Å². The summed E-state index contributed by atoms with van der Waals surface area (Å²) in [6.07, 6.45) is 4.49. The summed E-state index contributed by atoms with van der Waals surface area (Å²) < 4.78 is 13.2. The maximum atomic E-state index is 5.89. The van der Waals surface area contributed by atoms with Gasteiger partial charge in [-0.3, -0.25) is 9.55 Å². The highest BCUT2D eigenvalue weighted by Crippen LogP contribution is 2.32. The molecule has 0 radical (unpaired) electrons. The number of methoxy groups -OCH3 is 1. The fourth-order valence-electron chi connectivity index (χ4n) is 3.01. The first-order valence-corrected chi connectivity index (χ1v) is 11.4. The summed E-state index contributed by atoms with van der Waals surface area (Å²) >= 11 is 3.22. The number of aryl methyl sites for hydroxylation is 2. The minimum atomic E-state index is 0.513. The van der Waals surface area contributed by atoms with Crippen molar-refractivity contribution in [2.75, 3.05) is 13.7 Å². The Balaban J connectivity index is 1.51. The van der Waals surface area contributed by atoms with Crippen LogP contribution in [0.3, 0.4) is 0 Å². The molecule has 0 atom stereocenters.